The number of nitrogens with two attached hydrogens (primary N) is 1. The van der Waals surface area contributed by atoms with Gasteiger partial charge < -0.3 is 31.3 Å². The van der Waals surface area contributed by atoms with E-state index >= 15 is 0 Å². The SMILES string of the molecule is COC(=O)CNC(=O)[C@@H]1CCCN1C(=O)CNC(=O)C(CC/C=N\NC(N)=S)NC(C)=O. The number of likely N-dealkylation sites (tertiary alicyclic amines) is 1. The van der Waals surface area contributed by atoms with E-state index in [0.29, 0.717) is 25.8 Å². The molecule has 0 aromatic heterocycles. The molecule has 0 aromatic carbocycles. The summed E-state index contributed by atoms with van der Waals surface area (Å²) in [6.45, 7) is 0.994. The molecule has 1 aliphatic rings. The van der Waals surface area contributed by atoms with Gasteiger partial charge in [0.25, 0.3) is 0 Å². The minimum Gasteiger partial charge on any atom is -0.468 e. The molecule has 178 valence electrons. The molecule has 0 spiro atoms. The number of hydrazone groups is 1. The van der Waals surface area contributed by atoms with Crippen molar-refractivity contribution in [3.05, 3.63) is 0 Å². The number of nitrogens with zero attached hydrogens (tertiary/aromatic N) is 2. The van der Waals surface area contributed by atoms with Gasteiger partial charge in [0.1, 0.15) is 18.6 Å². The molecule has 2 atom stereocenters. The highest BCUT2D eigenvalue weighted by Crippen LogP contribution is 2.17. The number of carbonyl (C=O) groups is 5. The summed E-state index contributed by atoms with van der Waals surface area (Å²) in [5.74, 6) is -2.46. The van der Waals surface area contributed by atoms with Gasteiger partial charge in [-0.1, -0.05) is 0 Å². The summed E-state index contributed by atoms with van der Waals surface area (Å²) in [5, 5.41) is 11.2. The summed E-state index contributed by atoms with van der Waals surface area (Å²) in [6, 6.07) is -1.61. The summed E-state index contributed by atoms with van der Waals surface area (Å²) < 4.78 is 4.47. The third-order valence-electron chi connectivity index (χ3n) is 4.47. The summed E-state index contributed by atoms with van der Waals surface area (Å²) in [4.78, 5) is 61.3. The zero-order valence-electron chi connectivity index (χ0n) is 18.0. The predicted octanol–water partition coefficient (Wildman–Crippen LogP) is -2.51. The third kappa shape index (κ3) is 9.68. The van der Waals surface area contributed by atoms with Crippen molar-refractivity contribution in [3.63, 3.8) is 0 Å². The van der Waals surface area contributed by atoms with E-state index < -0.39 is 41.7 Å². The van der Waals surface area contributed by atoms with Gasteiger partial charge >= 0.3 is 5.97 Å². The average Bonchev–Trinajstić information content (AvgIpc) is 3.23. The molecule has 32 heavy (non-hydrogen) atoms. The molecule has 0 radical (unpaired) electrons. The van der Waals surface area contributed by atoms with Crippen molar-refractivity contribution in [1.29, 1.82) is 0 Å². The molecule has 1 fully saturated rings. The molecule has 1 heterocycles. The highest BCUT2D eigenvalue weighted by atomic mass is 32.1. The molecule has 0 bridgehead atoms. The van der Waals surface area contributed by atoms with Crippen molar-refractivity contribution in [2.45, 2.75) is 44.7 Å². The quantitative estimate of drug-likeness (QED) is 0.0939. The Morgan fingerprint density at radius 3 is 2.59 bits per heavy atom. The summed E-state index contributed by atoms with van der Waals surface area (Å²) in [5.41, 5.74) is 7.61. The van der Waals surface area contributed by atoms with Gasteiger partial charge in [0.05, 0.1) is 13.7 Å². The zero-order chi connectivity index (χ0) is 24.1. The standard InChI is InChI=1S/C18H29N7O6S/c1-11(26)23-12(5-3-7-22-24-18(19)32)16(29)20-9-14(27)25-8-4-6-13(25)17(30)21-10-15(28)31-2/h7,12-13H,3-6,8-10H2,1-2H3,(H,20,29)(H,21,30)(H,23,26)(H3,19,24,32)/b22-7-/t12?,13-/m0/s1. The first kappa shape index (κ1) is 26.7. The summed E-state index contributed by atoms with van der Waals surface area (Å²) in [7, 11) is 1.20. The van der Waals surface area contributed by atoms with Gasteiger partial charge in [-0.25, -0.2) is 0 Å². The van der Waals surface area contributed by atoms with E-state index in [9.17, 15) is 24.0 Å². The highest BCUT2D eigenvalue weighted by molar-refractivity contribution is 7.80. The molecule has 0 aromatic rings. The highest BCUT2D eigenvalue weighted by Gasteiger charge is 2.34. The lowest BCUT2D eigenvalue weighted by molar-refractivity contribution is -0.142. The Bertz CT molecular complexity index is 760. The van der Waals surface area contributed by atoms with Crippen LogP contribution in [-0.4, -0.2) is 84.7 Å². The number of carbonyl (C=O) groups excluding carboxylic acids is 5. The minimum atomic E-state index is -0.880. The van der Waals surface area contributed by atoms with Gasteiger partial charge in [-0.15, -0.1) is 0 Å². The van der Waals surface area contributed by atoms with E-state index in [1.54, 1.807) is 0 Å². The number of amides is 4. The Hall–Kier alpha value is -3.29. The van der Waals surface area contributed by atoms with Crippen LogP contribution < -0.4 is 27.1 Å². The van der Waals surface area contributed by atoms with Crippen LogP contribution in [0.5, 0.6) is 0 Å². The largest absolute Gasteiger partial charge is 0.468 e. The second kappa shape index (κ2) is 13.9. The second-order valence-electron chi connectivity index (χ2n) is 6.88. The van der Waals surface area contributed by atoms with Crippen LogP contribution >= 0.6 is 12.2 Å². The molecule has 1 aliphatic heterocycles. The van der Waals surface area contributed by atoms with Crippen molar-refractivity contribution in [2.24, 2.45) is 10.8 Å². The van der Waals surface area contributed by atoms with Crippen LogP contribution in [0, 0.1) is 0 Å². The first-order valence-electron chi connectivity index (χ1n) is 9.91. The lowest BCUT2D eigenvalue weighted by Gasteiger charge is -2.24. The van der Waals surface area contributed by atoms with Gasteiger partial charge in [0.2, 0.25) is 23.6 Å². The Labute approximate surface area is 190 Å². The zero-order valence-corrected chi connectivity index (χ0v) is 18.8. The van der Waals surface area contributed by atoms with E-state index in [2.05, 4.69) is 43.4 Å². The Balaban J connectivity index is 2.58. The number of ether oxygens (including phenoxy) is 1. The van der Waals surface area contributed by atoms with E-state index in [1.807, 2.05) is 0 Å². The number of rotatable bonds is 11. The number of methoxy groups -OCH3 is 1. The number of nitrogens with one attached hydrogen (secondary N) is 4. The Kier molecular flexibility index (Phi) is 11.6. The molecule has 6 N–H and O–H groups in total. The first-order chi connectivity index (χ1) is 15.1. The number of thiocarbonyl (C=S) groups is 1. The maximum atomic E-state index is 12.6. The van der Waals surface area contributed by atoms with Gasteiger partial charge in [-0.05, 0) is 37.9 Å². The normalized spacial score (nSPS) is 16.2. The topological polar surface area (TPSA) is 184 Å². The van der Waals surface area contributed by atoms with E-state index in [4.69, 9.17) is 5.73 Å². The second-order valence-corrected chi connectivity index (χ2v) is 7.31. The molecule has 14 heteroatoms. The van der Waals surface area contributed by atoms with Crippen LogP contribution in [0.25, 0.3) is 0 Å². The van der Waals surface area contributed by atoms with Crippen LogP contribution in [0.1, 0.15) is 32.6 Å². The number of hydrogen-bond donors (Lipinski definition) is 5. The molecule has 4 amide bonds. The smallest absolute Gasteiger partial charge is 0.325 e. The predicted molar refractivity (Wildman–Crippen MR) is 118 cm³/mol. The molecular weight excluding hydrogens is 442 g/mol. The number of esters is 1. The number of hydrogen-bond acceptors (Lipinski definition) is 8. The van der Waals surface area contributed by atoms with Crippen LogP contribution in [0.4, 0.5) is 0 Å². The van der Waals surface area contributed by atoms with Crippen LogP contribution in [0.3, 0.4) is 0 Å². The van der Waals surface area contributed by atoms with Gasteiger partial charge in [0.15, 0.2) is 5.11 Å². The molecule has 1 unspecified atom stereocenters. The summed E-state index contributed by atoms with van der Waals surface area (Å²) in [6.07, 6.45) is 3.07. The van der Waals surface area contributed by atoms with Crippen LogP contribution in [0.2, 0.25) is 0 Å². The first-order valence-corrected chi connectivity index (χ1v) is 10.3. The van der Waals surface area contributed by atoms with Crippen molar-refractivity contribution >= 4 is 53.1 Å². The molecule has 13 nitrogen and oxygen atoms in total. The fourth-order valence-electron chi connectivity index (χ4n) is 3.00. The molecule has 1 saturated heterocycles. The fourth-order valence-corrected chi connectivity index (χ4v) is 3.06. The average molecular weight is 472 g/mol. The molecule has 0 aliphatic carbocycles. The van der Waals surface area contributed by atoms with E-state index in [1.165, 1.54) is 25.1 Å². The molecular formula is C18H29N7O6S. The third-order valence-corrected chi connectivity index (χ3v) is 4.56. The monoisotopic (exact) mass is 471 g/mol. The van der Waals surface area contributed by atoms with Crippen LogP contribution in [0.15, 0.2) is 5.10 Å². The maximum Gasteiger partial charge on any atom is 0.325 e. The van der Waals surface area contributed by atoms with E-state index in [-0.39, 0.29) is 24.6 Å². The maximum absolute atomic E-state index is 12.6. The fraction of sp³-hybridized carbons (Fsp3) is 0.611. The lowest BCUT2D eigenvalue weighted by atomic mass is 10.1. The lowest BCUT2D eigenvalue weighted by Crippen LogP contribution is -2.52. The van der Waals surface area contributed by atoms with Gasteiger partial charge in [0, 0.05) is 19.7 Å². The minimum absolute atomic E-state index is 0.00453. The van der Waals surface area contributed by atoms with E-state index in [0.717, 1.165) is 0 Å². The van der Waals surface area contributed by atoms with Crippen molar-refractivity contribution in [2.75, 3.05) is 26.7 Å². The van der Waals surface area contributed by atoms with Gasteiger partial charge in [-0.2, -0.15) is 5.10 Å². The Morgan fingerprint density at radius 2 is 1.97 bits per heavy atom. The van der Waals surface area contributed by atoms with Crippen LogP contribution in [-0.2, 0) is 28.7 Å². The van der Waals surface area contributed by atoms with Crippen molar-refractivity contribution < 1.29 is 28.7 Å². The van der Waals surface area contributed by atoms with Crippen molar-refractivity contribution in [3.8, 4) is 0 Å². The van der Waals surface area contributed by atoms with Crippen molar-refractivity contribution in [1.82, 2.24) is 26.3 Å². The molecule has 0 saturated carbocycles. The Morgan fingerprint density at radius 1 is 1.25 bits per heavy atom. The van der Waals surface area contributed by atoms with Gasteiger partial charge in [-0.3, -0.25) is 29.4 Å². The summed E-state index contributed by atoms with van der Waals surface area (Å²) >= 11 is 4.61. The molecule has 1 rings (SSSR count).